The molecule has 0 aliphatic heterocycles. The maximum absolute atomic E-state index is 12.5. The Morgan fingerprint density at radius 1 is 0.438 bits per heavy atom. The first-order valence-electron chi connectivity index (χ1n) is 10.4. The average molecular weight is 455 g/mol. The van der Waals surface area contributed by atoms with E-state index in [4.69, 9.17) is 0 Å². The number of hydrogen-bond acceptors (Lipinski definition) is 4. The van der Waals surface area contributed by atoms with Gasteiger partial charge in [0.05, 0.1) is 0 Å². The lowest BCUT2D eigenvalue weighted by Crippen LogP contribution is -2.00. The Balaban J connectivity index is 1.25. The molecule has 0 saturated carbocycles. The highest BCUT2D eigenvalue weighted by Crippen LogP contribution is 2.24. The fourth-order valence-electron chi connectivity index (χ4n) is 3.24. The summed E-state index contributed by atoms with van der Waals surface area (Å²) in [6.07, 6.45) is 0. The van der Waals surface area contributed by atoms with Gasteiger partial charge in [-0.1, -0.05) is 60.7 Å². The van der Waals surface area contributed by atoms with Gasteiger partial charge in [-0.3, -0.25) is 9.59 Å². The molecule has 0 heterocycles. The SMILES string of the molecule is O=C(c1ccccc1)c1ccc(SCCSc2ccc(C(=O)c3ccccc3)cc2)cc1. The molecule has 0 spiro atoms. The van der Waals surface area contributed by atoms with Crippen LogP contribution in [-0.2, 0) is 0 Å². The smallest absolute Gasteiger partial charge is 0.193 e. The van der Waals surface area contributed by atoms with Gasteiger partial charge in [0.25, 0.3) is 0 Å². The number of carbonyl (C=O) groups is 2. The largest absolute Gasteiger partial charge is 0.289 e. The molecule has 0 aliphatic carbocycles. The molecule has 0 amide bonds. The first kappa shape index (κ1) is 22.1. The van der Waals surface area contributed by atoms with Crippen LogP contribution in [0.25, 0.3) is 0 Å². The molecule has 32 heavy (non-hydrogen) atoms. The van der Waals surface area contributed by atoms with E-state index in [9.17, 15) is 9.59 Å². The zero-order chi connectivity index (χ0) is 22.2. The fraction of sp³-hybridized carbons (Fsp3) is 0.0714. The number of thioether (sulfide) groups is 2. The molecule has 0 aliphatic rings. The van der Waals surface area contributed by atoms with Crippen molar-refractivity contribution in [3.63, 3.8) is 0 Å². The van der Waals surface area contributed by atoms with Gasteiger partial charge in [0, 0.05) is 43.6 Å². The van der Waals surface area contributed by atoms with Crippen LogP contribution in [-0.4, -0.2) is 23.1 Å². The summed E-state index contributed by atoms with van der Waals surface area (Å²) in [6.45, 7) is 0. The molecular weight excluding hydrogens is 432 g/mol. The third-order valence-electron chi connectivity index (χ3n) is 4.93. The lowest BCUT2D eigenvalue weighted by molar-refractivity contribution is 0.103. The van der Waals surface area contributed by atoms with Gasteiger partial charge >= 0.3 is 0 Å². The van der Waals surface area contributed by atoms with Crippen LogP contribution in [0.2, 0.25) is 0 Å². The molecule has 158 valence electrons. The highest BCUT2D eigenvalue weighted by atomic mass is 32.2. The molecule has 0 fully saturated rings. The van der Waals surface area contributed by atoms with Crippen LogP contribution in [0.5, 0.6) is 0 Å². The molecule has 4 aromatic rings. The third-order valence-corrected chi connectivity index (χ3v) is 7.21. The summed E-state index contributed by atoms with van der Waals surface area (Å²) < 4.78 is 0. The van der Waals surface area contributed by atoms with Crippen LogP contribution in [0.4, 0.5) is 0 Å². The van der Waals surface area contributed by atoms with E-state index in [1.807, 2.05) is 109 Å². The topological polar surface area (TPSA) is 34.1 Å². The van der Waals surface area contributed by atoms with Crippen LogP contribution in [0.1, 0.15) is 31.8 Å². The van der Waals surface area contributed by atoms with Gasteiger partial charge in [0.1, 0.15) is 0 Å². The van der Waals surface area contributed by atoms with Crippen LogP contribution in [0.3, 0.4) is 0 Å². The number of rotatable bonds is 9. The maximum atomic E-state index is 12.5. The van der Waals surface area contributed by atoms with Crippen molar-refractivity contribution >= 4 is 35.1 Å². The molecular formula is C28H22O2S2. The van der Waals surface area contributed by atoms with Crippen LogP contribution in [0, 0.1) is 0 Å². The van der Waals surface area contributed by atoms with Crippen molar-refractivity contribution in [3.05, 3.63) is 131 Å². The molecule has 0 N–H and O–H groups in total. The van der Waals surface area contributed by atoms with Gasteiger partial charge < -0.3 is 0 Å². The van der Waals surface area contributed by atoms with Crippen molar-refractivity contribution in [3.8, 4) is 0 Å². The third kappa shape index (κ3) is 5.78. The standard InChI is InChI=1S/C28H22O2S2/c29-27(21-7-3-1-4-8-21)23-11-15-25(16-12-23)31-19-20-32-26-17-13-24(14-18-26)28(30)22-9-5-2-6-10-22/h1-18H,19-20H2. The monoisotopic (exact) mass is 454 g/mol. The lowest BCUT2D eigenvalue weighted by Gasteiger charge is -2.06. The summed E-state index contributed by atoms with van der Waals surface area (Å²) in [4.78, 5) is 27.3. The number of hydrogen-bond donors (Lipinski definition) is 0. The molecule has 0 unspecified atom stereocenters. The lowest BCUT2D eigenvalue weighted by atomic mass is 10.0. The van der Waals surface area contributed by atoms with E-state index in [1.165, 1.54) is 0 Å². The highest BCUT2D eigenvalue weighted by Gasteiger charge is 2.09. The van der Waals surface area contributed by atoms with E-state index in [0.717, 1.165) is 21.3 Å². The van der Waals surface area contributed by atoms with E-state index in [0.29, 0.717) is 22.3 Å². The Kier molecular flexibility index (Phi) is 7.59. The Bertz CT molecular complexity index is 1070. The summed E-state index contributed by atoms with van der Waals surface area (Å²) in [6, 6.07) is 34.3. The van der Waals surface area contributed by atoms with Crippen molar-refractivity contribution < 1.29 is 9.59 Å². The number of benzene rings is 4. The van der Waals surface area contributed by atoms with Gasteiger partial charge in [0.2, 0.25) is 0 Å². The quantitative estimate of drug-likeness (QED) is 0.154. The van der Waals surface area contributed by atoms with Crippen molar-refractivity contribution in [2.45, 2.75) is 9.79 Å². The molecule has 0 radical (unpaired) electrons. The molecule has 4 heteroatoms. The molecule has 2 nitrogen and oxygen atoms in total. The van der Waals surface area contributed by atoms with Crippen molar-refractivity contribution in [1.82, 2.24) is 0 Å². The minimum absolute atomic E-state index is 0.0481. The highest BCUT2D eigenvalue weighted by molar-refractivity contribution is 8.03. The summed E-state index contributed by atoms with van der Waals surface area (Å²) in [5, 5.41) is 0. The Labute approximate surface area is 197 Å². The minimum Gasteiger partial charge on any atom is -0.289 e. The van der Waals surface area contributed by atoms with Gasteiger partial charge in [-0.05, 0) is 48.5 Å². The van der Waals surface area contributed by atoms with Crippen LogP contribution in [0.15, 0.2) is 119 Å². The predicted octanol–water partition coefficient (Wildman–Crippen LogP) is 7.03. The summed E-state index contributed by atoms with van der Waals surface area (Å²) in [5.74, 6) is 2.02. The second kappa shape index (κ2) is 11.0. The second-order valence-corrected chi connectivity index (χ2v) is 9.47. The van der Waals surface area contributed by atoms with Gasteiger partial charge in [-0.2, -0.15) is 0 Å². The van der Waals surface area contributed by atoms with Gasteiger partial charge in [0.15, 0.2) is 11.6 Å². The van der Waals surface area contributed by atoms with E-state index in [2.05, 4.69) is 0 Å². The van der Waals surface area contributed by atoms with Crippen molar-refractivity contribution in [2.75, 3.05) is 11.5 Å². The van der Waals surface area contributed by atoms with E-state index < -0.39 is 0 Å². The van der Waals surface area contributed by atoms with E-state index >= 15 is 0 Å². The molecule has 4 rings (SSSR count). The normalized spacial score (nSPS) is 10.6. The molecule has 0 atom stereocenters. The number of ketones is 2. The Morgan fingerprint density at radius 2 is 0.750 bits per heavy atom. The van der Waals surface area contributed by atoms with E-state index in [1.54, 1.807) is 23.5 Å². The van der Waals surface area contributed by atoms with E-state index in [-0.39, 0.29) is 11.6 Å². The zero-order valence-corrected chi connectivity index (χ0v) is 19.1. The Hall–Kier alpha value is -3.08. The second-order valence-electron chi connectivity index (χ2n) is 7.14. The van der Waals surface area contributed by atoms with Gasteiger partial charge in [-0.15, -0.1) is 23.5 Å². The first-order chi connectivity index (χ1) is 15.7. The molecule has 0 bridgehead atoms. The fourth-order valence-corrected chi connectivity index (χ4v) is 5.03. The Morgan fingerprint density at radius 3 is 1.09 bits per heavy atom. The minimum atomic E-state index is 0.0481. The molecule has 4 aromatic carbocycles. The molecule has 0 saturated heterocycles. The summed E-state index contributed by atoms with van der Waals surface area (Å²) >= 11 is 3.55. The van der Waals surface area contributed by atoms with Crippen molar-refractivity contribution in [2.24, 2.45) is 0 Å². The molecule has 0 aromatic heterocycles. The van der Waals surface area contributed by atoms with Crippen LogP contribution < -0.4 is 0 Å². The van der Waals surface area contributed by atoms with Crippen molar-refractivity contribution in [1.29, 1.82) is 0 Å². The zero-order valence-electron chi connectivity index (χ0n) is 17.4. The first-order valence-corrected chi connectivity index (χ1v) is 12.3. The predicted molar refractivity (Wildman–Crippen MR) is 134 cm³/mol. The number of carbonyl (C=O) groups excluding carboxylic acids is 2. The summed E-state index contributed by atoms with van der Waals surface area (Å²) in [5.41, 5.74) is 2.83. The average Bonchev–Trinajstić information content (AvgIpc) is 2.87. The maximum Gasteiger partial charge on any atom is 0.193 e. The summed E-state index contributed by atoms with van der Waals surface area (Å²) in [7, 11) is 0. The van der Waals surface area contributed by atoms with Gasteiger partial charge in [-0.25, -0.2) is 0 Å². The van der Waals surface area contributed by atoms with Crippen LogP contribution >= 0.6 is 23.5 Å².